The summed E-state index contributed by atoms with van der Waals surface area (Å²) < 4.78 is 6.12. The molecule has 0 saturated heterocycles. The maximum absolute atomic E-state index is 12.1. The van der Waals surface area contributed by atoms with Crippen molar-refractivity contribution in [3.05, 3.63) is 21.8 Å². The second-order valence-corrected chi connectivity index (χ2v) is 4.84. The Kier molecular flexibility index (Phi) is 6.01. The molecule has 0 fully saturated rings. The maximum Gasteiger partial charge on any atom is 0.298 e. The molecule has 1 rings (SSSR count). The molecule has 0 radical (unpaired) electrons. The maximum atomic E-state index is 12.1. The van der Waals surface area contributed by atoms with E-state index in [-0.39, 0.29) is 22.9 Å². The largest absolute Gasteiger partial charge is 0.489 e. The summed E-state index contributed by atoms with van der Waals surface area (Å²) in [6, 6.07) is -0.579. The molecule has 1 aromatic rings. The molecule has 112 valence electrons. The SMILES string of the molecule is CCC(CC)NC(=O)C(C)n1cnc(Cl)c(OC)c1=O. The van der Waals surface area contributed by atoms with Crippen LogP contribution < -0.4 is 15.6 Å². The molecule has 7 heteroatoms. The van der Waals surface area contributed by atoms with Crippen LogP contribution in [0, 0.1) is 0 Å². The van der Waals surface area contributed by atoms with Gasteiger partial charge in [-0.15, -0.1) is 0 Å². The Morgan fingerprint density at radius 3 is 2.60 bits per heavy atom. The number of ether oxygens (including phenoxy) is 1. The lowest BCUT2D eigenvalue weighted by Crippen LogP contribution is -2.41. The first-order chi connectivity index (χ1) is 9.46. The van der Waals surface area contributed by atoms with Gasteiger partial charge >= 0.3 is 0 Å². The van der Waals surface area contributed by atoms with Crippen LogP contribution in [-0.4, -0.2) is 28.6 Å². The second kappa shape index (κ2) is 7.28. The number of hydrogen-bond donors (Lipinski definition) is 1. The van der Waals surface area contributed by atoms with Gasteiger partial charge in [-0.25, -0.2) is 4.98 Å². The molecule has 1 heterocycles. The highest BCUT2D eigenvalue weighted by Gasteiger charge is 2.21. The van der Waals surface area contributed by atoms with Gasteiger partial charge in [-0.05, 0) is 19.8 Å². The average Bonchev–Trinajstić information content (AvgIpc) is 2.44. The zero-order chi connectivity index (χ0) is 15.3. The van der Waals surface area contributed by atoms with Gasteiger partial charge in [0.1, 0.15) is 12.4 Å². The predicted molar refractivity (Wildman–Crippen MR) is 77.3 cm³/mol. The summed E-state index contributed by atoms with van der Waals surface area (Å²) in [7, 11) is 1.34. The van der Waals surface area contributed by atoms with E-state index in [1.807, 2.05) is 13.8 Å². The van der Waals surface area contributed by atoms with E-state index >= 15 is 0 Å². The molecule has 1 amide bonds. The highest BCUT2D eigenvalue weighted by molar-refractivity contribution is 6.30. The van der Waals surface area contributed by atoms with Gasteiger partial charge in [-0.1, -0.05) is 25.4 Å². The number of methoxy groups -OCH3 is 1. The summed E-state index contributed by atoms with van der Waals surface area (Å²) in [5, 5.41) is 2.88. The smallest absolute Gasteiger partial charge is 0.298 e. The third kappa shape index (κ3) is 3.50. The van der Waals surface area contributed by atoms with Crippen LogP contribution >= 0.6 is 11.6 Å². The summed E-state index contributed by atoms with van der Waals surface area (Å²) in [5.74, 6) is -0.289. The van der Waals surface area contributed by atoms with Crippen molar-refractivity contribution in [2.45, 2.75) is 45.7 Å². The normalized spacial score (nSPS) is 12.3. The van der Waals surface area contributed by atoms with Crippen molar-refractivity contribution in [3.8, 4) is 5.75 Å². The number of rotatable bonds is 6. The summed E-state index contributed by atoms with van der Waals surface area (Å²) in [6.07, 6.45) is 2.93. The lowest BCUT2D eigenvalue weighted by atomic mass is 10.1. The van der Waals surface area contributed by atoms with Crippen LogP contribution in [0.4, 0.5) is 0 Å². The number of carbonyl (C=O) groups excluding carboxylic acids is 1. The lowest BCUT2D eigenvalue weighted by molar-refractivity contribution is -0.124. The fraction of sp³-hybridized carbons (Fsp3) is 0.615. The first-order valence-corrected chi connectivity index (χ1v) is 6.94. The molecule has 20 heavy (non-hydrogen) atoms. The molecule has 0 aromatic carbocycles. The van der Waals surface area contributed by atoms with Crippen LogP contribution in [0.15, 0.2) is 11.1 Å². The molecule has 0 aliphatic heterocycles. The zero-order valence-electron chi connectivity index (χ0n) is 12.1. The number of halogens is 1. The Morgan fingerprint density at radius 1 is 1.50 bits per heavy atom. The van der Waals surface area contributed by atoms with Crippen molar-refractivity contribution >= 4 is 17.5 Å². The van der Waals surface area contributed by atoms with Crippen LogP contribution in [0.3, 0.4) is 0 Å². The summed E-state index contributed by atoms with van der Waals surface area (Å²) >= 11 is 5.77. The molecular formula is C13H20ClN3O3. The van der Waals surface area contributed by atoms with Gasteiger partial charge in [-0.3, -0.25) is 14.2 Å². The minimum Gasteiger partial charge on any atom is -0.489 e. The number of aromatic nitrogens is 2. The quantitative estimate of drug-likeness (QED) is 0.813. The van der Waals surface area contributed by atoms with Gasteiger partial charge in [0.2, 0.25) is 11.7 Å². The first-order valence-electron chi connectivity index (χ1n) is 6.57. The summed E-state index contributed by atoms with van der Waals surface area (Å²) in [5.41, 5.74) is -0.473. The van der Waals surface area contributed by atoms with Crippen molar-refractivity contribution in [2.75, 3.05) is 7.11 Å². The van der Waals surface area contributed by atoms with E-state index in [0.29, 0.717) is 0 Å². The molecule has 0 aliphatic rings. The lowest BCUT2D eigenvalue weighted by Gasteiger charge is -2.20. The van der Waals surface area contributed by atoms with Crippen molar-refractivity contribution in [2.24, 2.45) is 0 Å². The predicted octanol–water partition coefficient (Wildman–Crippen LogP) is 1.77. The van der Waals surface area contributed by atoms with Gasteiger partial charge in [0.15, 0.2) is 5.15 Å². The zero-order valence-corrected chi connectivity index (χ0v) is 12.9. The van der Waals surface area contributed by atoms with E-state index in [0.717, 1.165) is 12.8 Å². The Balaban J connectivity index is 3.01. The third-order valence-electron chi connectivity index (χ3n) is 3.24. The van der Waals surface area contributed by atoms with Crippen molar-refractivity contribution in [1.82, 2.24) is 14.9 Å². The van der Waals surface area contributed by atoms with Gasteiger partial charge < -0.3 is 10.1 Å². The first kappa shape index (κ1) is 16.5. The van der Waals surface area contributed by atoms with Gasteiger partial charge in [-0.2, -0.15) is 0 Å². The van der Waals surface area contributed by atoms with E-state index in [4.69, 9.17) is 16.3 Å². The molecule has 1 aromatic heterocycles. The molecule has 6 nitrogen and oxygen atoms in total. The summed E-state index contributed by atoms with van der Waals surface area (Å²) in [4.78, 5) is 28.1. The minimum atomic E-state index is -0.679. The number of hydrogen-bond acceptors (Lipinski definition) is 4. The molecule has 1 unspecified atom stereocenters. The van der Waals surface area contributed by atoms with Gasteiger partial charge in [0, 0.05) is 6.04 Å². The average molecular weight is 302 g/mol. The van der Waals surface area contributed by atoms with E-state index in [1.165, 1.54) is 18.0 Å². The van der Waals surface area contributed by atoms with E-state index in [1.54, 1.807) is 6.92 Å². The van der Waals surface area contributed by atoms with Crippen LogP contribution in [0.25, 0.3) is 0 Å². The van der Waals surface area contributed by atoms with Crippen molar-refractivity contribution in [1.29, 1.82) is 0 Å². The number of amides is 1. The Bertz CT molecular complexity index is 526. The van der Waals surface area contributed by atoms with Crippen molar-refractivity contribution < 1.29 is 9.53 Å². The van der Waals surface area contributed by atoms with Crippen LogP contribution in [-0.2, 0) is 4.79 Å². The molecule has 1 atom stereocenters. The Hall–Kier alpha value is -1.56. The molecule has 0 saturated carbocycles. The Morgan fingerprint density at radius 2 is 2.10 bits per heavy atom. The van der Waals surface area contributed by atoms with Crippen molar-refractivity contribution in [3.63, 3.8) is 0 Å². The fourth-order valence-electron chi connectivity index (χ4n) is 1.82. The molecule has 0 spiro atoms. The third-order valence-corrected chi connectivity index (χ3v) is 3.51. The standard InChI is InChI=1S/C13H20ClN3O3/c1-5-9(6-2)16-12(18)8(3)17-7-15-11(14)10(20-4)13(17)19/h7-9H,5-6H2,1-4H3,(H,16,18). The van der Waals surface area contributed by atoms with Crippen LogP contribution in [0.5, 0.6) is 5.75 Å². The minimum absolute atomic E-state index is 0.0126. The van der Waals surface area contributed by atoms with E-state index in [2.05, 4.69) is 10.3 Å². The number of nitrogens with one attached hydrogen (secondary N) is 1. The molecule has 1 N–H and O–H groups in total. The topological polar surface area (TPSA) is 73.2 Å². The second-order valence-electron chi connectivity index (χ2n) is 4.48. The monoisotopic (exact) mass is 301 g/mol. The Labute approximate surface area is 123 Å². The highest BCUT2D eigenvalue weighted by Crippen LogP contribution is 2.16. The van der Waals surface area contributed by atoms with Crippen LogP contribution in [0.1, 0.15) is 39.7 Å². The van der Waals surface area contributed by atoms with Crippen LogP contribution in [0.2, 0.25) is 5.15 Å². The highest BCUT2D eigenvalue weighted by atomic mass is 35.5. The molecule has 0 aliphatic carbocycles. The fourth-order valence-corrected chi connectivity index (χ4v) is 2.02. The summed E-state index contributed by atoms with van der Waals surface area (Å²) in [6.45, 7) is 5.63. The van der Waals surface area contributed by atoms with Gasteiger partial charge in [0.05, 0.1) is 7.11 Å². The number of nitrogens with zero attached hydrogens (tertiary/aromatic N) is 2. The number of carbonyl (C=O) groups is 1. The molecular weight excluding hydrogens is 282 g/mol. The van der Waals surface area contributed by atoms with E-state index in [9.17, 15) is 9.59 Å². The van der Waals surface area contributed by atoms with E-state index < -0.39 is 11.6 Å². The van der Waals surface area contributed by atoms with Gasteiger partial charge in [0.25, 0.3) is 5.56 Å². The molecule has 0 bridgehead atoms.